The molecule has 0 atom stereocenters. The lowest BCUT2D eigenvalue weighted by atomic mass is 10.1. The molecule has 0 fully saturated rings. The third kappa shape index (κ3) is 3.03. The van der Waals surface area contributed by atoms with Crippen LogP contribution in [0.25, 0.3) is 0 Å². The Morgan fingerprint density at radius 2 is 2.06 bits per heavy atom. The van der Waals surface area contributed by atoms with Gasteiger partial charge in [0.25, 0.3) is 0 Å². The Bertz CT molecular complexity index is 565. The molecule has 1 nitrogen and oxygen atoms in total. The third-order valence-electron chi connectivity index (χ3n) is 2.23. The minimum Gasteiger partial charge on any atom is -0.293 e. The number of halogens is 3. The van der Waals surface area contributed by atoms with Crippen LogP contribution in [0, 0.1) is 5.82 Å². The standard InChI is InChI=1S/C12H7Br2FOS/c13-8-1-2-10(15)7(5-8)6-11(16)12-9(14)3-4-17-12/h1-5H,6H2. The van der Waals surface area contributed by atoms with Crippen molar-refractivity contribution in [1.82, 2.24) is 0 Å². The van der Waals surface area contributed by atoms with Crippen molar-refractivity contribution in [3.8, 4) is 0 Å². The van der Waals surface area contributed by atoms with Gasteiger partial charge >= 0.3 is 0 Å². The van der Waals surface area contributed by atoms with Crippen molar-refractivity contribution < 1.29 is 9.18 Å². The molecule has 0 spiro atoms. The predicted octanol–water partition coefficient (Wildman–Crippen LogP) is 4.84. The average molecular weight is 378 g/mol. The monoisotopic (exact) mass is 376 g/mol. The molecule has 0 bridgehead atoms. The normalized spacial score (nSPS) is 10.5. The van der Waals surface area contributed by atoms with Crippen LogP contribution in [0.3, 0.4) is 0 Å². The zero-order chi connectivity index (χ0) is 12.4. The van der Waals surface area contributed by atoms with Crippen molar-refractivity contribution in [3.05, 3.63) is 54.8 Å². The molecule has 5 heteroatoms. The topological polar surface area (TPSA) is 17.1 Å². The smallest absolute Gasteiger partial charge is 0.178 e. The second kappa shape index (κ2) is 5.42. The summed E-state index contributed by atoms with van der Waals surface area (Å²) in [6.45, 7) is 0. The first-order valence-electron chi connectivity index (χ1n) is 4.78. The molecule has 0 aliphatic carbocycles. The SMILES string of the molecule is O=C(Cc1cc(Br)ccc1F)c1sccc1Br. The summed E-state index contributed by atoms with van der Waals surface area (Å²) in [5, 5.41) is 1.83. The maximum absolute atomic E-state index is 13.5. The van der Waals surface area contributed by atoms with Crippen LogP contribution in [0.5, 0.6) is 0 Å². The van der Waals surface area contributed by atoms with E-state index < -0.39 is 0 Å². The molecule has 0 unspecified atom stereocenters. The molecule has 2 rings (SSSR count). The van der Waals surface area contributed by atoms with E-state index in [9.17, 15) is 9.18 Å². The second-order valence-corrected chi connectivity index (χ2v) is 6.12. The number of carbonyl (C=O) groups is 1. The highest BCUT2D eigenvalue weighted by Gasteiger charge is 2.14. The number of benzene rings is 1. The van der Waals surface area contributed by atoms with E-state index in [1.807, 2.05) is 11.4 Å². The molecule has 0 saturated heterocycles. The van der Waals surface area contributed by atoms with Crippen LogP contribution < -0.4 is 0 Å². The first kappa shape index (κ1) is 12.9. The van der Waals surface area contributed by atoms with E-state index in [1.165, 1.54) is 17.4 Å². The van der Waals surface area contributed by atoms with Crippen LogP contribution in [-0.2, 0) is 6.42 Å². The fourth-order valence-corrected chi connectivity index (χ4v) is 3.37. The van der Waals surface area contributed by atoms with Gasteiger partial charge in [-0.05, 0) is 51.1 Å². The third-order valence-corrected chi connectivity index (χ3v) is 4.60. The highest BCUT2D eigenvalue weighted by atomic mass is 79.9. The van der Waals surface area contributed by atoms with Crippen molar-refractivity contribution in [2.45, 2.75) is 6.42 Å². The van der Waals surface area contributed by atoms with Gasteiger partial charge in [-0.2, -0.15) is 0 Å². The number of thiophene rings is 1. The van der Waals surface area contributed by atoms with Crippen molar-refractivity contribution in [3.63, 3.8) is 0 Å². The molecule has 1 aromatic heterocycles. The van der Waals surface area contributed by atoms with Crippen LogP contribution in [0.2, 0.25) is 0 Å². The lowest BCUT2D eigenvalue weighted by molar-refractivity contribution is 0.0995. The Kier molecular flexibility index (Phi) is 4.12. The molecule has 0 saturated carbocycles. The lowest BCUT2D eigenvalue weighted by Gasteiger charge is -2.03. The number of ketones is 1. The van der Waals surface area contributed by atoms with Gasteiger partial charge in [-0.25, -0.2) is 4.39 Å². The summed E-state index contributed by atoms with van der Waals surface area (Å²) in [5.41, 5.74) is 0.407. The average Bonchev–Trinajstić information content (AvgIpc) is 2.70. The molecule has 2 aromatic rings. The summed E-state index contributed by atoms with van der Waals surface area (Å²) in [5.74, 6) is -0.432. The fourth-order valence-electron chi connectivity index (χ4n) is 1.42. The number of hydrogen-bond acceptors (Lipinski definition) is 2. The van der Waals surface area contributed by atoms with Crippen LogP contribution >= 0.6 is 43.2 Å². The Hall–Kier alpha value is -0.520. The molecule has 88 valence electrons. The van der Waals surface area contributed by atoms with E-state index in [4.69, 9.17) is 0 Å². The van der Waals surface area contributed by atoms with Gasteiger partial charge in [0.15, 0.2) is 5.78 Å². The molecule has 17 heavy (non-hydrogen) atoms. The van der Waals surface area contributed by atoms with Gasteiger partial charge in [-0.15, -0.1) is 11.3 Å². The minimum absolute atomic E-state index is 0.0738. The Morgan fingerprint density at radius 1 is 1.29 bits per heavy atom. The van der Waals surface area contributed by atoms with Crippen molar-refractivity contribution in [2.24, 2.45) is 0 Å². The summed E-state index contributed by atoms with van der Waals surface area (Å²) >= 11 is 7.92. The maximum Gasteiger partial charge on any atom is 0.178 e. The van der Waals surface area contributed by atoms with E-state index in [-0.39, 0.29) is 18.0 Å². The predicted molar refractivity (Wildman–Crippen MR) is 74.2 cm³/mol. The van der Waals surface area contributed by atoms with E-state index >= 15 is 0 Å². The van der Waals surface area contributed by atoms with E-state index in [0.29, 0.717) is 10.4 Å². The molecule has 0 amide bonds. The van der Waals surface area contributed by atoms with Gasteiger partial charge in [0.05, 0.1) is 4.88 Å². The minimum atomic E-state index is -0.353. The van der Waals surface area contributed by atoms with Crippen LogP contribution in [-0.4, -0.2) is 5.78 Å². The van der Waals surface area contributed by atoms with Crippen LogP contribution in [0.4, 0.5) is 4.39 Å². The number of carbonyl (C=O) groups excluding carboxylic acids is 1. The molecule has 0 aliphatic rings. The lowest BCUT2D eigenvalue weighted by Crippen LogP contribution is -2.04. The molecule has 0 aliphatic heterocycles. The summed E-state index contributed by atoms with van der Waals surface area (Å²) in [4.78, 5) is 12.6. The fraction of sp³-hybridized carbons (Fsp3) is 0.0833. The van der Waals surface area contributed by atoms with Crippen LogP contribution in [0.15, 0.2) is 38.6 Å². The van der Waals surface area contributed by atoms with E-state index in [1.54, 1.807) is 12.1 Å². The van der Waals surface area contributed by atoms with E-state index in [0.717, 1.165) is 8.95 Å². The van der Waals surface area contributed by atoms with Crippen molar-refractivity contribution in [1.29, 1.82) is 0 Å². The quantitative estimate of drug-likeness (QED) is 0.699. The summed E-state index contributed by atoms with van der Waals surface area (Å²) in [6, 6.07) is 6.42. The number of rotatable bonds is 3. The van der Waals surface area contributed by atoms with Crippen LogP contribution in [0.1, 0.15) is 15.2 Å². The van der Waals surface area contributed by atoms with Gasteiger partial charge in [0.1, 0.15) is 5.82 Å². The Labute approximate surface area is 119 Å². The Morgan fingerprint density at radius 3 is 2.71 bits per heavy atom. The highest BCUT2D eigenvalue weighted by molar-refractivity contribution is 9.10. The largest absolute Gasteiger partial charge is 0.293 e. The zero-order valence-corrected chi connectivity index (χ0v) is 12.5. The van der Waals surface area contributed by atoms with Gasteiger partial charge in [-0.1, -0.05) is 15.9 Å². The molecule has 1 aromatic carbocycles. The summed E-state index contributed by atoms with van der Waals surface area (Å²) in [6.07, 6.45) is 0.0738. The zero-order valence-electron chi connectivity index (χ0n) is 8.54. The maximum atomic E-state index is 13.5. The van der Waals surface area contributed by atoms with Gasteiger partial charge in [0.2, 0.25) is 0 Å². The first-order chi connectivity index (χ1) is 8.08. The number of hydrogen-bond donors (Lipinski definition) is 0. The molecular formula is C12H7Br2FOS. The summed E-state index contributed by atoms with van der Waals surface area (Å²) in [7, 11) is 0. The van der Waals surface area contributed by atoms with Crippen molar-refractivity contribution >= 4 is 49.0 Å². The van der Waals surface area contributed by atoms with Gasteiger partial charge < -0.3 is 0 Å². The summed E-state index contributed by atoms with van der Waals surface area (Å²) < 4.78 is 15.0. The first-order valence-corrected chi connectivity index (χ1v) is 7.24. The van der Waals surface area contributed by atoms with Crippen molar-refractivity contribution in [2.75, 3.05) is 0 Å². The molecular weight excluding hydrogens is 371 g/mol. The number of Topliss-reactive ketones (excluding diaryl/α,β-unsaturated/α-hetero) is 1. The molecule has 1 heterocycles. The van der Waals surface area contributed by atoms with Gasteiger partial charge in [0, 0.05) is 15.4 Å². The molecule has 0 N–H and O–H groups in total. The molecule has 0 radical (unpaired) electrons. The second-order valence-electron chi connectivity index (χ2n) is 3.43. The van der Waals surface area contributed by atoms with E-state index in [2.05, 4.69) is 31.9 Å². The van der Waals surface area contributed by atoms with Gasteiger partial charge in [-0.3, -0.25) is 4.79 Å². The highest BCUT2D eigenvalue weighted by Crippen LogP contribution is 2.25. The Balaban J connectivity index is 2.24.